The first-order chi connectivity index (χ1) is 11.2. The van der Waals surface area contributed by atoms with Crippen molar-refractivity contribution in [2.24, 2.45) is 0 Å². The van der Waals surface area contributed by atoms with Crippen molar-refractivity contribution in [2.45, 2.75) is 0 Å². The quantitative estimate of drug-likeness (QED) is 0.563. The zero-order valence-corrected chi connectivity index (χ0v) is 13.7. The number of nitrogens with zero attached hydrogens (tertiary/aromatic N) is 1. The van der Waals surface area contributed by atoms with Gasteiger partial charge in [0.2, 0.25) is 5.91 Å². The van der Waals surface area contributed by atoms with Crippen LogP contribution in [0, 0.1) is 0 Å². The van der Waals surface area contributed by atoms with E-state index >= 15 is 0 Å². The van der Waals surface area contributed by atoms with E-state index in [9.17, 15) is 4.79 Å². The third-order valence-electron chi connectivity index (χ3n) is 3.13. The second-order valence-electron chi connectivity index (χ2n) is 4.68. The fourth-order valence-corrected chi connectivity index (χ4v) is 2.92. The molecular weight excluding hydrogens is 326 g/mol. The van der Waals surface area contributed by atoms with Gasteiger partial charge in [-0.25, -0.2) is 4.98 Å². The maximum atomic E-state index is 11.9. The summed E-state index contributed by atoms with van der Waals surface area (Å²) in [6.07, 6.45) is 4.92. The maximum Gasteiger partial charge on any atom is 0.250 e. The number of nitrogens with one attached hydrogen (secondary N) is 2. The van der Waals surface area contributed by atoms with Crippen LogP contribution in [0.3, 0.4) is 0 Å². The number of hydrogen-bond donors (Lipinski definition) is 2. The molecule has 3 rings (SSSR count). The predicted octanol–water partition coefficient (Wildman–Crippen LogP) is 3.82. The molecule has 3 aromatic rings. The highest BCUT2D eigenvalue weighted by Gasteiger charge is 2.03. The molecule has 6 heteroatoms. The molecule has 0 aliphatic heterocycles. The van der Waals surface area contributed by atoms with Crippen LogP contribution in [0.15, 0.2) is 60.1 Å². The number of thiocarbonyl (C=S) groups is 1. The molecular formula is C17H13N3OS2. The van der Waals surface area contributed by atoms with E-state index in [0.29, 0.717) is 5.13 Å². The Balaban J connectivity index is 1.67. The minimum absolute atomic E-state index is 0.229. The molecule has 1 aromatic heterocycles. The predicted molar refractivity (Wildman–Crippen MR) is 99.5 cm³/mol. The summed E-state index contributed by atoms with van der Waals surface area (Å²) in [6.45, 7) is 0. The van der Waals surface area contributed by atoms with E-state index in [1.54, 1.807) is 12.3 Å². The van der Waals surface area contributed by atoms with Crippen LogP contribution < -0.4 is 10.6 Å². The summed E-state index contributed by atoms with van der Waals surface area (Å²) in [7, 11) is 0. The first kappa shape index (κ1) is 15.3. The van der Waals surface area contributed by atoms with E-state index in [-0.39, 0.29) is 11.0 Å². The number of fused-ring (bicyclic) bond motifs is 1. The molecule has 4 nitrogen and oxygen atoms in total. The molecule has 0 spiro atoms. The highest BCUT2D eigenvalue weighted by atomic mass is 32.1. The Morgan fingerprint density at radius 3 is 2.83 bits per heavy atom. The molecule has 0 radical (unpaired) electrons. The number of rotatable bonds is 3. The van der Waals surface area contributed by atoms with Gasteiger partial charge in [-0.05, 0) is 34.6 Å². The summed E-state index contributed by atoms with van der Waals surface area (Å²) in [6, 6.07) is 14.0. The van der Waals surface area contributed by atoms with E-state index in [2.05, 4.69) is 15.6 Å². The van der Waals surface area contributed by atoms with Crippen molar-refractivity contribution in [3.05, 3.63) is 65.7 Å². The number of amides is 1. The molecule has 0 fully saturated rings. The Kier molecular flexibility index (Phi) is 4.75. The summed E-state index contributed by atoms with van der Waals surface area (Å²) in [5.41, 5.74) is 0.983. The molecule has 0 aliphatic carbocycles. The van der Waals surface area contributed by atoms with Crippen LogP contribution >= 0.6 is 23.6 Å². The molecule has 0 unspecified atom stereocenters. The highest BCUT2D eigenvalue weighted by molar-refractivity contribution is 7.80. The third-order valence-corrected chi connectivity index (χ3v) is 4.02. The highest BCUT2D eigenvalue weighted by Crippen LogP contribution is 2.19. The standard InChI is InChI=1S/C17H13N3OS2/c21-15(19-16(22)20-17-18-10-11-23-17)9-8-13-6-3-5-12-4-1-2-7-14(12)13/h1-11H,(H2,18,19,20,21,22). The minimum Gasteiger partial charge on any atom is -0.308 e. The average molecular weight is 339 g/mol. The van der Waals surface area contributed by atoms with E-state index in [1.807, 2.05) is 47.8 Å². The van der Waals surface area contributed by atoms with Crippen LogP contribution in [0.25, 0.3) is 16.8 Å². The lowest BCUT2D eigenvalue weighted by molar-refractivity contribution is -0.115. The number of benzene rings is 2. The number of thiazole rings is 1. The fraction of sp³-hybridized carbons (Fsp3) is 0. The molecule has 0 atom stereocenters. The molecule has 0 saturated carbocycles. The molecule has 0 bridgehead atoms. The normalized spacial score (nSPS) is 10.8. The lowest BCUT2D eigenvalue weighted by Crippen LogP contribution is -2.32. The van der Waals surface area contributed by atoms with Gasteiger partial charge in [-0.1, -0.05) is 42.5 Å². The van der Waals surface area contributed by atoms with Crippen LogP contribution in [0.1, 0.15) is 5.56 Å². The number of anilines is 1. The number of hydrogen-bond acceptors (Lipinski definition) is 4. The van der Waals surface area contributed by atoms with Crippen LogP contribution in [0.2, 0.25) is 0 Å². The Labute approximate surface area is 142 Å². The molecule has 1 amide bonds. The molecule has 2 N–H and O–H groups in total. The topological polar surface area (TPSA) is 54.0 Å². The van der Waals surface area contributed by atoms with Crippen LogP contribution in [0.4, 0.5) is 5.13 Å². The largest absolute Gasteiger partial charge is 0.308 e. The van der Waals surface area contributed by atoms with E-state index in [4.69, 9.17) is 12.2 Å². The van der Waals surface area contributed by atoms with Crippen molar-refractivity contribution in [1.29, 1.82) is 0 Å². The number of aromatic nitrogens is 1. The lowest BCUT2D eigenvalue weighted by atomic mass is 10.0. The monoisotopic (exact) mass is 339 g/mol. The average Bonchev–Trinajstić information content (AvgIpc) is 3.05. The van der Waals surface area contributed by atoms with Gasteiger partial charge < -0.3 is 5.32 Å². The summed E-state index contributed by atoms with van der Waals surface area (Å²) in [5, 5.41) is 10.4. The van der Waals surface area contributed by atoms with Gasteiger partial charge in [-0.15, -0.1) is 11.3 Å². The molecule has 2 aromatic carbocycles. The molecule has 0 aliphatic rings. The summed E-state index contributed by atoms with van der Waals surface area (Å²) < 4.78 is 0. The van der Waals surface area contributed by atoms with Crippen molar-refractivity contribution in [3.8, 4) is 0 Å². The van der Waals surface area contributed by atoms with Gasteiger partial charge in [0.1, 0.15) is 0 Å². The number of carbonyl (C=O) groups is 1. The van der Waals surface area contributed by atoms with Crippen LogP contribution in [-0.4, -0.2) is 16.0 Å². The Hall–Kier alpha value is -2.57. The molecule has 0 saturated heterocycles. The third kappa shape index (κ3) is 4.00. The SMILES string of the molecule is O=C(C=Cc1cccc2ccccc12)NC(=S)Nc1nccs1. The van der Waals surface area contributed by atoms with Crippen molar-refractivity contribution in [1.82, 2.24) is 10.3 Å². The summed E-state index contributed by atoms with van der Waals surface area (Å²) >= 11 is 6.49. The molecule has 114 valence electrons. The Morgan fingerprint density at radius 1 is 1.17 bits per heavy atom. The van der Waals surface area contributed by atoms with Gasteiger partial charge >= 0.3 is 0 Å². The van der Waals surface area contributed by atoms with Gasteiger partial charge in [0, 0.05) is 17.7 Å². The van der Waals surface area contributed by atoms with E-state index < -0.39 is 0 Å². The van der Waals surface area contributed by atoms with Gasteiger partial charge in [0.25, 0.3) is 0 Å². The fourth-order valence-electron chi connectivity index (χ4n) is 2.13. The van der Waals surface area contributed by atoms with Crippen molar-refractivity contribution < 1.29 is 4.79 Å². The number of carbonyl (C=O) groups excluding carboxylic acids is 1. The molecule has 1 heterocycles. The Morgan fingerprint density at radius 2 is 2.00 bits per heavy atom. The smallest absolute Gasteiger partial charge is 0.250 e. The zero-order valence-electron chi connectivity index (χ0n) is 12.0. The second-order valence-corrected chi connectivity index (χ2v) is 5.99. The zero-order chi connectivity index (χ0) is 16.1. The maximum absolute atomic E-state index is 11.9. The van der Waals surface area contributed by atoms with Gasteiger partial charge in [-0.2, -0.15) is 0 Å². The van der Waals surface area contributed by atoms with Crippen molar-refractivity contribution >= 4 is 56.6 Å². The van der Waals surface area contributed by atoms with Crippen molar-refractivity contribution in [3.63, 3.8) is 0 Å². The second kappa shape index (κ2) is 7.13. The summed E-state index contributed by atoms with van der Waals surface area (Å²) in [4.78, 5) is 16.0. The van der Waals surface area contributed by atoms with Gasteiger partial charge in [0.05, 0.1) is 0 Å². The van der Waals surface area contributed by atoms with Gasteiger partial charge in [0.15, 0.2) is 10.2 Å². The van der Waals surface area contributed by atoms with Gasteiger partial charge in [-0.3, -0.25) is 10.1 Å². The molecule has 23 heavy (non-hydrogen) atoms. The van der Waals surface area contributed by atoms with Crippen molar-refractivity contribution in [2.75, 3.05) is 5.32 Å². The van der Waals surface area contributed by atoms with E-state index in [1.165, 1.54) is 17.4 Å². The Bertz CT molecular complexity index is 867. The van der Waals surface area contributed by atoms with Crippen LogP contribution in [0.5, 0.6) is 0 Å². The lowest BCUT2D eigenvalue weighted by Gasteiger charge is -2.05. The van der Waals surface area contributed by atoms with E-state index in [0.717, 1.165) is 16.3 Å². The first-order valence-corrected chi connectivity index (χ1v) is 8.18. The first-order valence-electron chi connectivity index (χ1n) is 6.90. The minimum atomic E-state index is -0.285. The van der Waals surface area contributed by atoms with Crippen LogP contribution in [-0.2, 0) is 4.79 Å². The summed E-state index contributed by atoms with van der Waals surface area (Å²) in [5.74, 6) is -0.285.